The van der Waals surface area contributed by atoms with E-state index in [0.29, 0.717) is 31.0 Å². The first-order valence-corrected chi connectivity index (χ1v) is 8.94. The molecule has 1 aliphatic carbocycles. The van der Waals surface area contributed by atoms with E-state index in [1.807, 2.05) is 29.2 Å². The standard InChI is InChI=1S/C18H23ClN2O3/c19-13-5-7-14(8-6-13)20-9-11-21(12-10-20)17(22)15-3-1-2-4-16(15)18(23)24/h5-8,15-16H,1-4,9-12H2,(H,23,24)/p-1/t15-,16+/m1/s1. The Morgan fingerprint density at radius 3 is 2.12 bits per heavy atom. The SMILES string of the molecule is O=C([O-])[C@H]1CCCC[C@H]1C(=O)N1CCN(c2ccc(Cl)cc2)CC1. The normalized spacial score (nSPS) is 24.7. The molecule has 1 aromatic rings. The van der Waals surface area contributed by atoms with Crippen molar-refractivity contribution in [3.8, 4) is 0 Å². The number of rotatable bonds is 3. The number of carbonyl (C=O) groups excluding carboxylic acids is 2. The lowest BCUT2D eigenvalue weighted by molar-refractivity contribution is -0.314. The van der Waals surface area contributed by atoms with E-state index in [1.165, 1.54) is 0 Å². The molecule has 0 unspecified atom stereocenters. The fourth-order valence-electron chi connectivity index (χ4n) is 3.78. The number of carbonyl (C=O) groups is 2. The lowest BCUT2D eigenvalue weighted by atomic mass is 9.78. The van der Waals surface area contributed by atoms with E-state index in [2.05, 4.69) is 4.90 Å². The minimum Gasteiger partial charge on any atom is -0.550 e. The maximum atomic E-state index is 12.8. The molecule has 2 atom stereocenters. The molecule has 1 saturated carbocycles. The van der Waals surface area contributed by atoms with Gasteiger partial charge in [0.1, 0.15) is 0 Å². The highest BCUT2D eigenvalue weighted by Crippen LogP contribution is 2.31. The van der Waals surface area contributed by atoms with E-state index in [0.717, 1.165) is 31.6 Å². The van der Waals surface area contributed by atoms with Gasteiger partial charge in [0.05, 0.1) is 0 Å². The highest BCUT2D eigenvalue weighted by atomic mass is 35.5. The number of piperazine rings is 1. The van der Waals surface area contributed by atoms with Crippen molar-refractivity contribution in [2.24, 2.45) is 11.8 Å². The van der Waals surface area contributed by atoms with Crippen molar-refractivity contribution < 1.29 is 14.7 Å². The van der Waals surface area contributed by atoms with Crippen LogP contribution in [-0.2, 0) is 9.59 Å². The third kappa shape index (κ3) is 3.66. The fraction of sp³-hybridized carbons (Fsp3) is 0.556. The molecule has 24 heavy (non-hydrogen) atoms. The van der Waals surface area contributed by atoms with Crippen LogP contribution < -0.4 is 10.0 Å². The molecular formula is C18H22ClN2O3-. The molecular weight excluding hydrogens is 328 g/mol. The number of hydrogen-bond donors (Lipinski definition) is 0. The highest BCUT2D eigenvalue weighted by Gasteiger charge is 2.35. The summed E-state index contributed by atoms with van der Waals surface area (Å²) in [7, 11) is 0. The second-order valence-corrected chi connectivity index (χ2v) is 7.04. The molecule has 5 nitrogen and oxygen atoms in total. The van der Waals surface area contributed by atoms with Gasteiger partial charge >= 0.3 is 0 Å². The zero-order valence-corrected chi connectivity index (χ0v) is 14.4. The number of carboxylic acid groups (broad SMARTS) is 1. The number of hydrogen-bond acceptors (Lipinski definition) is 4. The monoisotopic (exact) mass is 349 g/mol. The fourth-order valence-corrected chi connectivity index (χ4v) is 3.91. The zero-order valence-electron chi connectivity index (χ0n) is 13.6. The quantitative estimate of drug-likeness (QED) is 0.830. The molecule has 0 bridgehead atoms. The van der Waals surface area contributed by atoms with Crippen molar-refractivity contribution in [2.75, 3.05) is 31.1 Å². The maximum absolute atomic E-state index is 12.8. The van der Waals surface area contributed by atoms with E-state index in [4.69, 9.17) is 11.6 Å². The van der Waals surface area contributed by atoms with Crippen LogP contribution in [0.3, 0.4) is 0 Å². The molecule has 6 heteroatoms. The Bertz CT molecular complexity index is 597. The van der Waals surface area contributed by atoms with Crippen molar-refractivity contribution in [3.63, 3.8) is 0 Å². The first-order chi connectivity index (χ1) is 11.6. The van der Waals surface area contributed by atoms with Crippen molar-refractivity contribution in [1.29, 1.82) is 0 Å². The first kappa shape index (κ1) is 17.1. The molecule has 2 fully saturated rings. The molecule has 1 aliphatic heterocycles. The topological polar surface area (TPSA) is 63.7 Å². The molecule has 1 saturated heterocycles. The summed E-state index contributed by atoms with van der Waals surface area (Å²) in [6, 6.07) is 7.68. The first-order valence-electron chi connectivity index (χ1n) is 8.56. The van der Waals surface area contributed by atoms with Crippen LogP contribution in [0.25, 0.3) is 0 Å². The molecule has 3 rings (SSSR count). The van der Waals surface area contributed by atoms with E-state index in [1.54, 1.807) is 0 Å². The predicted molar refractivity (Wildman–Crippen MR) is 90.7 cm³/mol. The third-order valence-corrected chi connectivity index (χ3v) is 5.42. The summed E-state index contributed by atoms with van der Waals surface area (Å²) in [6.45, 7) is 2.74. The molecule has 0 radical (unpaired) electrons. The van der Waals surface area contributed by atoms with Crippen LogP contribution in [0.1, 0.15) is 25.7 Å². The number of aliphatic carboxylic acids is 1. The predicted octanol–water partition coefficient (Wildman–Crippen LogP) is 1.54. The summed E-state index contributed by atoms with van der Waals surface area (Å²) < 4.78 is 0. The van der Waals surface area contributed by atoms with Gasteiger partial charge in [0.25, 0.3) is 0 Å². The van der Waals surface area contributed by atoms with Crippen molar-refractivity contribution >= 4 is 29.2 Å². The second kappa shape index (κ2) is 7.43. The van der Waals surface area contributed by atoms with Gasteiger partial charge in [0.15, 0.2) is 0 Å². The van der Waals surface area contributed by atoms with E-state index in [-0.39, 0.29) is 5.91 Å². The van der Waals surface area contributed by atoms with E-state index in [9.17, 15) is 14.7 Å². The number of carboxylic acids is 1. The maximum Gasteiger partial charge on any atom is 0.226 e. The van der Waals surface area contributed by atoms with Crippen LogP contribution >= 0.6 is 11.6 Å². The van der Waals surface area contributed by atoms with Gasteiger partial charge in [-0.3, -0.25) is 4.79 Å². The molecule has 1 amide bonds. The van der Waals surface area contributed by atoms with Crippen molar-refractivity contribution in [2.45, 2.75) is 25.7 Å². The molecule has 1 heterocycles. The second-order valence-electron chi connectivity index (χ2n) is 6.61. The van der Waals surface area contributed by atoms with Gasteiger partial charge < -0.3 is 19.7 Å². The highest BCUT2D eigenvalue weighted by molar-refractivity contribution is 6.30. The average Bonchev–Trinajstić information content (AvgIpc) is 2.62. The number of anilines is 1. The summed E-state index contributed by atoms with van der Waals surface area (Å²) in [5.74, 6) is -2.13. The Balaban J connectivity index is 1.60. The summed E-state index contributed by atoms with van der Waals surface area (Å²) in [6.07, 6.45) is 3.01. The Morgan fingerprint density at radius 1 is 0.958 bits per heavy atom. The third-order valence-electron chi connectivity index (χ3n) is 5.17. The molecule has 0 spiro atoms. The summed E-state index contributed by atoms with van der Waals surface area (Å²) in [4.78, 5) is 28.1. The van der Waals surface area contributed by atoms with Gasteiger partial charge in [0.2, 0.25) is 5.91 Å². The molecule has 130 valence electrons. The Hall–Kier alpha value is -1.75. The number of benzene rings is 1. The van der Waals surface area contributed by atoms with Crippen LogP contribution in [0.2, 0.25) is 5.02 Å². The Labute approximate surface area is 147 Å². The van der Waals surface area contributed by atoms with Gasteiger partial charge in [-0.25, -0.2) is 0 Å². The Kier molecular flexibility index (Phi) is 5.29. The number of nitrogens with zero attached hydrogens (tertiary/aromatic N) is 2. The van der Waals surface area contributed by atoms with Gasteiger partial charge in [0, 0.05) is 54.7 Å². The van der Waals surface area contributed by atoms with E-state index < -0.39 is 17.8 Å². The van der Waals surface area contributed by atoms with Crippen LogP contribution in [-0.4, -0.2) is 43.0 Å². The van der Waals surface area contributed by atoms with Gasteiger partial charge in [-0.1, -0.05) is 24.4 Å². The van der Waals surface area contributed by atoms with Gasteiger partial charge in [-0.15, -0.1) is 0 Å². The van der Waals surface area contributed by atoms with Gasteiger partial charge in [-0.2, -0.15) is 0 Å². The minimum atomic E-state index is -1.08. The smallest absolute Gasteiger partial charge is 0.226 e. The molecule has 0 N–H and O–H groups in total. The van der Waals surface area contributed by atoms with E-state index >= 15 is 0 Å². The Morgan fingerprint density at radius 2 is 1.54 bits per heavy atom. The zero-order chi connectivity index (χ0) is 17.1. The number of amides is 1. The lowest BCUT2D eigenvalue weighted by Gasteiger charge is -2.40. The van der Waals surface area contributed by atoms with Crippen molar-refractivity contribution in [1.82, 2.24) is 4.90 Å². The average molecular weight is 350 g/mol. The lowest BCUT2D eigenvalue weighted by Crippen LogP contribution is -2.53. The summed E-state index contributed by atoms with van der Waals surface area (Å²) in [5, 5.41) is 12.0. The van der Waals surface area contributed by atoms with Crippen molar-refractivity contribution in [3.05, 3.63) is 29.3 Å². The van der Waals surface area contributed by atoms with Crippen LogP contribution in [0.5, 0.6) is 0 Å². The molecule has 0 aromatic heterocycles. The molecule has 1 aromatic carbocycles. The van der Waals surface area contributed by atoms with Crippen LogP contribution in [0.4, 0.5) is 5.69 Å². The van der Waals surface area contributed by atoms with Crippen LogP contribution in [0.15, 0.2) is 24.3 Å². The van der Waals surface area contributed by atoms with Crippen LogP contribution in [0, 0.1) is 11.8 Å². The summed E-state index contributed by atoms with van der Waals surface area (Å²) >= 11 is 5.92. The summed E-state index contributed by atoms with van der Waals surface area (Å²) in [5.41, 5.74) is 1.09. The largest absolute Gasteiger partial charge is 0.550 e. The molecule has 2 aliphatic rings. The number of halogens is 1. The minimum absolute atomic E-state index is 0.0142. The van der Waals surface area contributed by atoms with Gasteiger partial charge in [-0.05, 0) is 37.1 Å².